The Morgan fingerprint density at radius 1 is 1.55 bits per heavy atom. The molecule has 0 aromatic rings. The molecule has 1 nitrogen and oxygen atoms in total. The molecule has 0 bridgehead atoms. The largest absolute Gasteiger partial charge is 0.388 e. The van der Waals surface area contributed by atoms with Gasteiger partial charge in [0.2, 0.25) is 0 Å². The van der Waals surface area contributed by atoms with Crippen molar-refractivity contribution in [3.8, 4) is 0 Å². The van der Waals surface area contributed by atoms with Crippen molar-refractivity contribution >= 4 is 11.6 Å². The first-order valence-corrected chi connectivity index (χ1v) is 4.22. The van der Waals surface area contributed by atoms with E-state index in [4.69, 9.17) is 11.6 Å². The molecule has 2 unspecified atom stereocenters. The molecule has 0 fully saturated rings. The first-order valence-electron chi connectivity index (χ1n) is 3.85. The van der Waals surface area contributed by atoms with Gasteiger partial charge in [0.05, 0.1) is 6.10 Å². The van der Waals surface area contributed by atoms with Crippen molar-refractivity contribution in [3.63, 3.8) is 0 Å². The maximum absolute atomic E-state index is 9.50. The molecule has 1 N–H and O–H groups in total. The monoisotopic (exact) mass is 172 g/mol. The van der Waals surface area contributed by atoms with E-state index in [1.807, 2.05) is 12.2 Å². The molecule has 1 rings (SSSR count). The third kappa shape index (κ3) is 2.08. The summed E-state index contributed by atoms with van der Waals surface area (Å²) in [6.45, 7) is 4.18. The average molecular weight is 173 g/mol. The van der Waals surface area contributed by atoms with Gasteiger partial charge >= 0.3 is 0 Å². The van der Waals surface area contributed by atoms with Gasteiger partial charge in [-0.2, -0.15) is 0 Å². The van der Waals surface area contributed by atoms with Gasteiger partial charge in [0.15, 0.2) is 0 Å². The van der Waals surface area contributed by atoms with Gasteiger partial charge in [0, 0.05) is 11.0 Å². The van der Waals surface area contributed by atoms with Crippen molar-refractivity contribution < 1.29 is 5.11 Å². The van der Waals surface area contributed by atoms with E-state index >= 15 is 0 Å². The highest BCUT2D eigenvalue weighted by Gasteiger charge is 2.20. The zero-order chi connectivity index (χ0) is 8.43. The first-order chi connectivity index (χ1) is 5.11. The molecule has 1 aliphatic rings. The molecule has 11 heavy (non-hydrogen) atoms. The van der Waals surface area contributed by atoms with E-state index in [0.717, 1.165) is 0 Å². The summed E-state index contributed by atoms with van der Waals surface area (Å²) in [6, 6.07) is 0. The Balaban J connectivity index is 2.69. The molecule has 2 heteroatoms. The van der Waals surface area contributed by atoms with Crippen molar-refractivity contribution in [1.82, 2.24) is 0 Å². The summed E-state index contributed by atoms with van der Waals surface area (Å²) in [5.74, 6) is 0.680. The molecule has 0 saturated carbocycles. The van der Waals surface area contributed by atoms with Crippen molar-refractivity contribution in [2.45, 2.75) is 20.0 Å². The summed E-state index contributed by atoms with van der Waals surface area (Å²) in [7, 11) is 0. The predicted molar refractivity (Wildman–Crippen MR) is 47.4 cm³/mol. The van der Waals surface area contributed by atoms with Gasteiger partial charge in [-0.3, -0.25) is 0 Å². The molecule has 0 heterocycles. The standard InChI is InChI=1S/C9H13ClO/c1-6(2)8-4-3-7(10)5-9(8)11/h3-6,8-9,11H,1-2H3. The van der Waals surface area contributed by atoms with Crippen molar-refractivity contribution in [1.29, 1.82) is 0 Å². The fourth-order valence-electron chi connectivity index (χ4n) is 1.26. The van der Waals surface area contributed by atoms with Crippen molar-refractivity contribution in [2.75, 3.05) is 0 Å². The van der Waals surface area contributed by atoms with Crippen LogP contribution in [-0.4, -0.2) is 11.2 Å². The Morgan fingerprint density at radius 2 is 2.18 bits per heavy atom. The molecule has 0 amide bonds. The minimum absolute atomic E-state index is 0.220. The lowest BCUT2D eigenvalue weighted by Gasteiger charge is -2.23. The minimum Gasteiger partial charge on any atom is -0.388 e. The number of hydrogen-bond donors (Lipinski definition) is 1. The average Bonchev–Trinajstić information content (AvgIpc) is 1.85. The second-order valence-corrected chi connectivity index (χ2v) is 3.66. The van der Waals surface area contributed by atoms with Crippen LogP contribution in [0, 0.1) is 11.8 Å². The quantitative estimate of drug-likeness (QED) is 0.644. The van der Waals surface area contributed by atoms with Crippen molar-refractivity contribution in [3.05, 3.63) is 23.3 Å². The highest BCUT2D eigenvalue weighted by molar-refractivity contribution is 6.31. The fraction of sp³-hybridized carbons (Fsp3) is 0.556. The molecular weight excluding hydrogens is 160 g/mol. The number of allylic oxidation sites excluding steroid dienone is 2. The molecule has 2 atom stereocenters. The molecule has 0 aliphatic heterocycles. The molecule has 0 aromatic heterocycles. The SMILES string of the molecule is CC(C)C1C=CC(Cl)=CC1O. The lowest BCUT2D eigenvalue weighted by atomic mass is 9.87. The molecule has 1 aliphatic carbocycles. The summed E-state index contributed by atoms with van der Waals surface area (Å²) in [4.78, 5) is 0. The third-order valence-electron chi connectivity index (χ3n) is 1.97. The maximum Gasteiger partial charge on any atom is 0.0803 e. The van der Waals surface area contributed by atoms with Crippen LogP contribution < -0.4 is 0 Å². The van der Waals surface area contributed by atoms with E-state index in [9.17, 15) is 5.11 Å². The van der Waals surface area contributed by atoms with Crippen LogP contribution in [0.25, 0.3) is 0 Å². The highest BCUT2D eigenvalue weighted by atomic mass is 35.5. The zero-order valence-electron chi connectivity index (χ0n) is 6.79. The Labute approximate surface area is 72.4 Å². The highest BCUT2D eigenvalue weighted by Crippen LogP contribution is 2.24. The van der Waals surface area contributed by atoms with E-state index in [1.165, 1.54) is 0 Å². The van der Waals surface area contributed by atoms with Crippen LogP contribution in [-0.2, 0) is 0 Å². The van der Waals surface area contributed by atoms with Gasteiger partial charge in [0.1, 0.15) is 0 Å². The molecule has 0 saturated heterocycles. The lowest BCUT2D eigenvalue weighted by molar-refractivity contribution is 0.149. The molecular formula is C9H13ClO. The maximum atomic E-state index is 9.50. The van der Waals surface area contributed by atoms with Crippen LogP contribution in [0.3, 0.4) is 0 Å². The Kier molecular flexibility index (Phi) is 2.74. The van der Waals surface area contributed by atoms with Gasteiger partial charge in [-0.05, 0) is 18.1 Å². The number of aliphatic hydroxyl groups excluding tert-OH is 1. The zero-order valence-corrected chi connectivity index (χ0v) is 7.55. The first kappa shape index (κ1) is 8.82. The molecule has 0 aromatic carbocycles. The molecule has 62 valence electrons. The van der Waals surface area contributed by atoms with Crippen LogP contribution in [0.4, 0.5) is 0 Å². The van der Waals surface area contributed by atoms with E-state index in [1.54, 1.807) is 6.08 Å². The van der Waals surface area contributed by atoms with Crippen LogP contribution in [0.2, 0.25) is 0 Å². The fourth-order valence-corrected chi connectivity index (χ4v) is 1.47. The van der Waals surface area contributed by atoms with Gasteiger partial charge in [-0.15, -0.1) is 0 Å². The smallest absolute Gasteiger partial charge is 0.0803 e. The van der Waals surface area contributed by atoms with E-state index in [2.05, 4.69) is 13.8 Å². The van der Waals surface area contributed by atoms with Gasteiger partial charge < -0.3 is 5.11 Å². The Bertz CT molecular complexity index is 194. The van der Waals surface area contributed by atoms with Crippen LogP contribution in [0.5, 0.6) is 0 Å². The van der Waals surface area contributed by atoms with Gasteiger partial charge in [0.25, 0.3) is 0 Å². The molecule has 0 spiro atoms. The van der Waals surface area contributed by atoms with Gasteiger partial charge in [-0.25, -0.2) is 0 Å². The summed E-state index contributed by atoms with van der Waals surface area (Å²) < 4.78 is 0. The van der Waals surface area contributed by atoms with E-state index in [-0.39, 0.29) is 5.92 Å². The number of aliphatic hydroxyl groups is 1. The summed E-state index contributed by atoms with van der Waals surface area (Å²) in [5, 5.41) is 10.1. The summed E-state index contributed by atoms with van der Waals surface area (Å²) in [5.41, 5.74) is 0. The Morgan fingerprint density at radius 3 is 2.64 bits per heavy atom. The molecule has 0 radical (unpaired) electrons. The number of halogens is 1. The van der Waals surface area contributed by atoms with Crippen LogP contribution in [0.15, 0.2) is 23.3 Å². The topological polar surface area (TPSA) is 20.2 Å². The van der Waals surface area contributed by atoms with E-state index in [0.29, 0.717) is 11.0 Å². The summed E-state index contributed by atoms with van der Waals surface area (Å²) >= 11 is 5.70. The third-order valence-corrected chi connectivity index (χ3v) is 2.22. The predicted octanol–water partition coefficient (Wildman–Crippen LogP) is 2.31. The second kappa shape index (κ2) is 3.42. The number of rotatable bonds is 1. The second-order valence-electron chi connectivity index (χ2n) is 3.22. The summed E-state index contributed by atoms with van der Waals surface area (Å²) in [6.07, 6.45) is 5.09. The van der Waals surface area contributed by atoms with Gasteiger partial charge in [-0.1, -0.05) is 31.5 Å². The van der Waals surface area contributed by atoms with Crippen molar-refractivity contribution in [2.24, 2.45) is 11.8 Å². The van der Waals surface area contributed by atoms with Crippen LogP contribution >= 0.6 is 11.6 Å². The Hall–Kier alpha value is -0.270. The normalized spacial score (nSPS) is 30.8. The number of hydrogen-bond acceptors (Lipinski definition) is 1. The van der Waals surface area contributed by atoms with Crippen LogP contribution in [0.1, 0.15) is 13.8 Å². The minimum atomic E-state index is -0.410. The lowest BCUT2D eigenvalue weighted by Crippen LogP contribution is -2.23. The van der Waals surface area contributed by atoms with E-state index < -0.39 is 6.10 Å².